The van der Waals surface area contributed by atoms with Gasteiger partial charge in [0.05, 0.1) is 0 Å². The van der Waals surface area contributed by atoms with Crippen molar-refractivity contribution in [2.45, 2.75) is 33.7 Å². The Labute approximate surface area is 159 Å². The molecule has 0 aliphatic heterocycles. The lowest BCUT2D eigenvalue weighted by Gasteiger charge is -2.22. The minimum Gasteiger partial charge on any atom is -0.340 e. The van der Waals surface area contributed by atoms with E-state index >= 15 is 0 Å². The number of rotatable bonds is 6. The maximum Gasteiger partial charge on any atom is 0.251 e. The standard InChI is InChI=1S/C21H25N3O3/c1-13(2)19(24-20(26)16-10-8-14(3)9-11-16)21(27)23-18-7-5-6-17(12-18)22-15(4)25/h5-13,19H,1-4H3,(H,22,25)(H,23,27)(H,24,26)/t19-/m0/s1. The summed E-state index contributed by atoms with van der Waals surface area (Å²) < 4.78 is 0. The summed E-state index contributed by atoms with van der Waals surface area (Å²) in [5.41, 5.74) is 2.70. The van der Waals surface area contributed by atoms with Crippen LogP contribution in [0.1, 0.15) is 36.7 Å². The predicted molar refractivity (Wildman–Crippen MR) is 107 cm³/mol. The van der Waals surface area contributed by atoms with Crippen molar-refractivity contribution in [3.63, 3.8) is 0 Å². The van der Waals surface area contributed by atoms with Crippen LogP contribution in [0.5, 0.6) is 0 Å². The lowest BCUT2D eigenvalue weighted by atomic mass is 10.0. The zero-order valence-corrected chi connectivity index (χ0v) is 16.0. The third-order valence-electron chi connectivity index (χ3n) is 4.00. The van der Waals surface area contributed by atoms with Gasteiger partial charge in [-0.15, -0.1) is 0 Å². The second kappa shape index (κ2) is 8.98. The molecule has 142 valence electrons. The normalized spacial score (nSPS) is 11.6. The Hall–Kier alpha value is -3.15. The summed E-state index contributed by atoms with van der Waals surface area (Å²) in [5, 5.41) is 8.26. The Bertz CT molecular complexity index is 829. The van der Waals surface area contributed by atoms with E-state index in [4.69, 9.17) is 0 Å². The SMILES string of the molecule is CC(=O)Nc1cccc(NC(=O)[C@@H](NC(=O)c2ccc(C)cc2)C(C)C)c1. The number of carbonyl (C=O) groups excluding carboxylic acids is 3. The highest BCUT2D eigenvalue weighted by molar-refractivity contribution is 6.01. The van der Waals surface area contributed by atoms with Crippen molar-refractivity contribution in [1.82, 2.24) is 5.32 Å². The van der Waals surface area contributed by atoms with E-state index in [9.17, 15) is 14.4 Å². The number of aryl methyl sites for hydroxylation is 1. The molecule has 0 aliphatic rings. The number of carbonyl (C=O) groups is 3. The Kier molecular flexibility index (Phi) is 6.71. The van der Waals surface area contributed by atoms with E-state index in [1.807, 2.05) is 32.9 Å². The van der Waals surface area contributed by atoms with Crippen LogP contribution in [0.4, 0.5) is 11.4 Å². The smallest absolute Gasteiger partial charge is 0.251 e. The van der Waals surface area contributed by atoms with Crippen LogP contribution in [0.2, 0.25) is 0 Å². The van der Waals surface area contributed by atoms with Gasteiger partial charge in [-0.3, -0.25) is 14.4 Å². The van der Waals surface area contributed by atoms with Gasteiger partial charge in [-0.1, -0.05) is 37.6 Å². The summed E-state index contributed by atoms with van der Waals surface area (Å²) in [6, 6.07) is 13.3. The van der Waals surface area contributed by atoms with Crippen LogP contribution in [0.3, 0.4) is 0 Å². The molecule has 0 aliphatic carbocycles. The van der Waals surface area contributed by atoms with Gasteiger partial charge < -0.3 is 16.0 Å². The van der Waals surface area contributed by atoms with Crippen LogP contribution < -0.4 is 16.0 Å². The van der Waals surface area contributed by atoms with E-state index in [2.05, 4.69) is 16.0 Å². The maximum atomic E-state index is 12.7. The molecule has 0 fully saturated rings. The first kappa shape index (κ1) is 20.2. The van der Waals surface area contributed by atoms with E-state index in [0.717, 1.165) is 5.56 Å². The van der Waals surface area contributed by atoms with Crippen molar-refractivity contribution in [3.05, 3.63) is 59.7 Å². The highest BCUT2D eigenvalue weighted by atomic mass is 16.2. The number of hydrogen-bond acceptors (Lipinski definition) is 3. The van der Waals surface area contributed by atoms with Crippen LogP contribution in [0.15, 0.2) is 48.5 Å². The molecule has 2 aromatic carbocycles. The number of amides is 3. The average molecular weight is 367 g/mol. The van der Waals surface area contributed by atoms with Gasteiger partial charge in [-0.2, -0.15) is 0 Å². The van der Waals surface area contributed by atoms with Crippen LogP contribution in [0, 0.1) is 12.8 Å². The van der Waals surface area contributed by atoms with Crippen LogP contribution in [0.25, 0.3) is 0 Å². The Morgan fingerprint density at radius 2 is 1.48 bits per heavy atom. The van der Waals surface area contributed by atoms with Gasteiger partial charge in [0.2, 0.25) is 11.8 Å². The lowest BCUT2D eigenvalue weighted by Crippen LogP contribution is -2.47. The van der Waals surface area contributed by atoms with Crippen molar-refractivity contribution in [2.24, 2.45) is 5.92 Å². The van der Waals surface area contributed by atoms with E-state index in [1.165, 1.54) is 6.92 Å². The van der Waals surface area contributed by atoms with E-state index in [1.54, 1.807) is 36.4 Å². The quantitative estimate of drug-likeness (QED) is 0.732. The van der Waals surface area contributed by atoms with Gasteiger partial charge in [-0.05, 0) is 43.2 Å². The summed E-state index contributed by atoms with van der Waals surface area (Å²) in [6.07, 6.45) is 0. The monoisotopic (exact) mass is 367 g/mol. The third kappa shape index (κ3) is 5.95. The molecular formula is C21H25N3O3. The molecule has 0 radical (unpaired) electrons. The fraction of sp³-hybridized carbons (Fsp3) is 0.286. The Morgan fingerprint density at radius 1 is 0.889 bits per heavy atom. The zero-order chi connectivity index (χ0) is 20.0. The molecule has 0 heterocycles. The van der Waals surface area contributed by atoms with Gasteiger partial charge in [-0.25, -0.2) is 0 Å². The number of benzene rings is 2. The first-order valence-electron chi connectivity index (χ1n) is 8.82. The average Bonchev–Trinajstić information content (AvgIpc) is 2.59. The summed E-state index contributed by atoms with van der Waals surface area (Å²) in [5.74, 6) is -0.900. The third-order valence-corrected chi connectivity index (χ3v) is 4.00. The van der Waals surface area contributed by atoms with Gasteiger partial charge in [0, 0.05) is 23.9 Å². The molecular weight excluding hydrogens is 342 g/mol. The summed E-state index contributed by atoms with van der Waals surface area (Å²) in [4.78, 5) is 36.3. The highest BCUT2D eigenvalue weighted by Gasteiger charge is 2.24. The van der Waals surface area contributed by atoms with Crippen molar-refractivity contribution in [3.8, 4) is 0 Å². The molecule has 6 heteroatoms. The maximum absolute atomic E-state index is 12.7. The molecule has 0 bridgehead atoms. The van der Waals surface area contributed by atoms with Crippen molar-refractivity contribution in [2.75, 3.05) is 10.6 Å². The topological polar surface area (TPSA) is 87.3 Å². The highest BCUT2D eigenvalue weighted by Crippen LogP contribution is 2.16. The number of hydrogen-bond donors (Lipinski definition) is 3. The summed E-state index contributed by atoms with van der Waals surface area (Å²) in [6.45, 7) is 7.10. The largest absolute Gasteiger partial charge is 0.340 e. The molecule has 2 rings (SSSR count). The molecule has 0 spiro atoms. The Balaban J connectivity index is 2.09. The van der Waals surface area contributed by atoms with E-state index < -0.39 is 6.04 Å². The van der Waals surface area contributed by atoms with Crippen LogP contribution in [-0.4, -0.2) is 23.8 Å². The lowest BCUT2D eigenvalue weighted by molar-refractivity contribution is -0.119. The molecule has 2 aromatic rings. The Morgan fingerprint density at radius 3 is 2.04 bits per heavy atom. The minimum atomic E-state index is -0.691. The van der Waals surface area contributed by atoms with E-state index in [0.29, 0.717) is 16.9 Å². The van der Waals surface area contributed by atoms with Crippen molar-refractivity contribution < 1.29 is 14.4 Å². The molecule has 1 atom stereocenters. The molecule has 6 nitrogen and oxygen atoms in total. The molecule has 0 unspecified atom stereocenters. The summed E-state index contributed by atoms with van der Waals surface area (Å²) in [7, 11) is 0. The zero-order valence-electron chi connectivity index (χ0n) is 16.0. The molecule has 0 saturated heterocycles. The predicted octanol–water partition coefficient (Wildman–Crippen LogP) is 3.35. The van der Waals surface area contributed by atoms with Crippen molar-refractivity contribution in [1.29, 1.82) is 0 Å². The second-order valence-corrected chi connectivity index (χ2v) is 6.81. The van der Waals surface area contributed by atoms with Gasteiger partial charge >= 0.3 is 0 Å². The molecule has 0 aromatic heterocycles. The summed E-state index contributed by atoms with van der Waals surface area (Å²) >= 11 is 0. The van der Waals surface area contributed by atoms with Crippen LogP contribution >= 0.6 is 0 Å². The first-order chi connectivity index (χ1) is 12.8. The first-order valence-corrected chi connectivity index (χ1v) is 8.82. The van der Waals surface area contributed by atoms with Gasteiger partial charge in [0.25, 0.3) is 5.91 Å². The molecule has 27 heavy (non-hydrogen) atoms. The van der Waals surface area contributed by atoms with Crippen molar-refractivity contribution >= 4 is 29.1 Å². The van der Waals surface area contributed by atoms with Gasteiger partial charge in [0.15, 0.2) is 0 Å². The second-order valence-electron chi connectivity index (χ2n) is 6.81. The number of nitrogens with one attached hydrogen (secondary N) is 3. The fourth-order valence-electron chi connectivity index (χ4n) is 2.56. The molecule has 3 N–H and O–H groups in total. The molecule has 0 saturated carbocycles. The molecule has 3 amide bonds. The number of anilines is 2. The fourth-order valence-corrected chi connectivity index (χ4v) is 2.56. The van der Waals surface area contributed by atoms with Crippen LogP contribution in [-0.2, 0) is 9.59 Å². The van der Waals surface area contributed by atoms with E-state index in [-0.39, 0.29) is 23.6 Å². The van der Waals surface area contributed by atoms with Gasteiger partial charge in [0.1, 0.15) is 6.04 Å². The minimum absolute atomic E-state index is 0.0991.